The SMILES string of the molecule is Cc1nc(-c2ccccn2)sc1C(=O)OCC(=O)N[C@H](C)c1ccc(Cl)cc1. The third-order valence-corrected chi connectivity index (χ3v) is 5.36. The molecule has 3 rings (SSSR count). The number of esters is 1. The van der Waals surface area contributed by atoms with Crippen molar-refractivity contribution < 1.29 is 14.3 Å². The number of nitrogens with one attached hydrogen (secondary N) is 1. The van der Waals surface area contributed by atoms with Crippen LogP contribution < -0.4 is 5.32 Å². The summed E-state index contributed by atoms with van der Waals surface area (Å²) < 4.78 is 5.15. The Morgan fingerprint density at radius 1 is 1.21 bits per heavy atom. The summed E-state index contributed by atoms with van der Waals surface area (Å²) in [5.74, 6) is -0.964. The van der Waals surface area contributed by atoms with Crippen molar-refractivity contribution in [1.29, 1.82) is 0 Å². The molecule has 0 aliphatic heterocycles. The molecule has 1 amide bonds. The third kappa shape index (κ3) is 4.94. The van der Waals surface area contributed by atoms with Crippen molar-refractivity contribution in [2.75, 3.05) is 6.61 Å². The van der Waals surface area contributed by atoms with Gasteiger partial charge >= 0.3 is 5.97 Å². The zero-order valence-electron chi connectivity index (χ0n) is 15.3. The predicted octanol–water partition coefficient (Wildman–Crippen LogP) is 4.20. The highest BCUT2D eigenvalue weighted by atomic mass is 35.5. The van der Waals surface area contributed by atoms with E-state index in [1.807, 2.05) is 37.3 Å². The highest BCUT2D eigenvalue weighted by molar-refractivity contribution is 7.17. The second-order valence-electron chi connectivity index (χ2n) is 6.07. The number of benzene rings is 1. The van der Waals surface area contributed by atoms with E-state index in [2.05, 4.69) is 15.3 Å². The van der Waals surface area contributed by atoms with E-state index in [1.54, 1.807) is 25.3 Å². The summed E-state index contributed by atoms with van der Waals surface area (Å²) in [6.07, 6.45) is 1.66. The maximum atomic E-state index is 12.3. The first-order chi connectivity index (χ1) is 13.4. The van der Waals surface area contributed by atoms with Gasteiger partial charge in [-0.2, -0.15) is 0 Å². The van der Waals surface area contributed by atoms with Crippen LogP contribution in [0.15, 0.2) is 48.7 Å². The number of pyridine rings is 1. The van der Waals surface area contributed by atoms with E-state index >= 15 is 0 Å². The minimum atomic E-state index is -0.577. The minimum absolute atomic E-state index is 0.232. The van der Waals surface area contributed by atoms with Crippen LogP contribution in [0.25, 0.3) is 10.7 Å². The molecule has 0 bridgehead atoms. The highest BCUT2D eigenvalue weighted by Crippen LogP contribution is 2.26. The second kappa shape index (κ2) is 8.95. The van der Waals surface area contributed by atoms with Crippen LogP contribution in [0.2, 0.25) is 5.02 Å². The number of nitrogens with zero attached hydrogens (tertiary/aromatic N) is 2. The first-order valence-corrected chi connectivity index (χ1v) is 9.74. The molecule has 0 aliphatic rings. The zero-order valence-corrected chi connectivity index (χ0v) is 16.9. The van der Waals surface area contributed by atoms with Crippen molar-refractivity contribution in [3.63, 3.8) is 0 Å². The molecule has 144 valence electrons. The molecular formula is C20H18ClN3O3S. The Hall–Kier alpha value is -2.77. The summed E-state index contributed by atoms with van der Waals surface area (Å²) in [6.45, 7) is 3.20. The number of carbonyl (C=O) groups is 2. The largest absolute Gasteiger partial charge is 0.451 e. The number of aryl methyl sites for hydroxylation is 1. The van der Waals surface area contributed by atoms with Gasteiger partial charge in [0.15, 0.2) is 6.61 Å². The van der Waals surface area contributed by atoms with E-state index in [4.69, 9.17) is 16.3 Å². The minimum Gasteiger partial charge on any atom is -0.451 e. The highest BCUT2D eigenvalue weighted by Gasteiger charge is 2.19. The average Bonchev–Trinajstić information content (AvgIpc) is 3.09. The van der Waals surface area contributed by atoms with E-state index in [0.29, 0.717) is 26.3 Å². The van der Waals surface area contributed by atoms with Crippen molar-refractivity contribution in [3.8, 4) is 10.7 Å². The van der Waals surface area contributed by atoms with Crippen LogP contribution in [0, 0.1) is 6.92 Å². The Morgan fingerprint density at radius 3 is 2.64 bits per heavy atom. The number of thiazole rings is 1. The average molecular weight is 416 g/mol. The van der Waals surface area contributed by atoms with Crippen molar-refractivity contribution in [2.24, 2.45) is 0 Å². The molecule has 1 N–H and O–H groups in total. The number of carbonyl (C=O) groups excluding carboxylic acids is 2. The van der Waals surface area contributed by atoms with Gasteiger partial charge in [0.2, 0.25) is 0 Å². The number of amides is 1. The molecule has 28 heavy (non-hydrogen) atoms. The van der Waals surface area contributed by atoms with Crippen LogP contribution in [-0.4, -0.2) is 28.5 Å². The topological polar surface area (TPSA) is 81.2 Å². The summed E-state index contributed by atoms with van der Waals surface area (Å²) in [6, 6.07) is 12.4. The molecule has 2 heterocycles. The van der Waals surface area contributed by atoms with E-state index in [-0.39, 0.29) is 18.6 Å². The third-order valence-electron chi connectivity index (χ3n) is 3.95. The molecule has 6 nitrogen and oxygen atoms in total. The Kier molecular flexibility index (Phi) is 6.38. The maximum Gasteiger partial charge on any atom is 0.350 e. The Morgan fingerprint density at radius 2 is 1.96 bits per heavy atom. The molecular weight excluding hydrogens is 398 g/mol. The van der Waals surface area contributed by atoms with Crippen molar-refractivity contribution in [3.05, 3.63) is 69.8 Å². The normalized spacial score (nSPS) is 11.7. The molecule has 3 aromatic rings. The van der Waals surface area contributed by atoms with Gasteiger partial charge in [-0.1, -0.05) is 29.8 Å². The molecule has 0 unspecified atom stereocenters. The summed E-state index contributed by atoms with van der Waals surface area (Å²) in [4.78, 5) is 33.4. The van der Waals surface area contributed by atoms with Crippen molar-refractivity contribution in [2.45, 2.75) is 19.9 Å². The van der Waals surface area contributed by atoms with Crippen LogP contribution >= 0.6 is 22.9 Å². The maximum absolute atomic E-state index is 12.3. The molecule has 1 atom stereocenters. The standard InChI is InChI=1S/C20H18ClN3O3S/c1-12(14-6-8-15(21)9-7-14)23-17(25)11-27-20(26)18-13(2)24-19(28-18)16-5-3-4-10-22-16/h3-10,12H,11H2,1-2H3,(H,23,25)/t12-/m1/s1. The molecule has 1 aromatic carbocycles. The molecule has 0 saturated heterocycles. The molecule has 8 heteroatoms. The van der Waals surface area contributed by atoms with Crippen LogP contribution in [0.3, 0.4) is 0 Å². The fraction of sp³-hybridized carbons (Fsp3) is 0.200. The Bertz CT molecular complexity index is 974. The summed E-state index contributed by atoms with van der Waals surface area (Å²) in [5, 5.41) is 4.04. The Labute approximate surface area is 171 Å². The van der Waals surface area contributed by atoms with Crippen LogP contribution in [0.4, 0.5) is 0 Å². The van der Waals surface area contributed by atoms with Gasteiger partial charge in [0, 0.05) is 11.2 Å². The molecule has 0 aliphatic carbocycles. The van der Waals surface area contributed by atoms with E-state index in [1.165, 1.54) is 11.3 Å². The number of hydrogen-bond donors (Lipinski definition) is 1. The van der Waals surface area contributed by atoms with E-state index in [0.717, 1.165) is 5.56 Å². The van der Waals surface area contributed by atoms with E-state index < -0.39 is 5.97 Å². The number of ether oxygens (including phenoxy) is 1. The molecule has 2 aromatic heterocycles. The Balaban J connectivity index is 1.57. The lowest BCUT2D eigenvalue weighted by Gasteiger charge is -2.14. The zero-order chi connectivity index (χ0) is 20.1. The van der Waals surface area contributed by atoms with Crippen LogP contribution in [0.5, 0.6) is 0 Å². The van der Waals surface area contributed by atoms with Gasteiger partial charge in [-0.25, -0.2) is 9.78 Å². The van der Waals surface area contributed by atoms with Gasteiger partial charge in [0.1, 0.15) is 9.88 Å². The van der Waals surface area contributed by atoms with Crippen LogP contribution in [0.1, 0.15) is 33.9 Å². The van der Waals surface area contributed by atoms with Crippen LogP contribution in [-0.2, 0) is 9.53 Å². The smallest absolute Gasteiger partial charge is 0.350 e. The van der Waals surface area contributed by atoms with Crippen molar-refractivity contribution in [1.82, 2.24) is 15.3 Å². The van der Waals surface area contributed by atoms with Gasteiger partial charge in [0.05, 0.1) is 17.4 Å². The fourth-order valence-electron chi connectivity index (χ4n) is 2.50. The van der Waals surface area contributed by atoms with Gasteiger partial charge in [-0.15, -0.1) is 11.3 Å². The predicted molar refractivity (Wildman–Crippen MR) is 108 cm³/mol. The summed E-state index contributed by atoms with van der Waals surface area (Å²) in [5.41, 5.74) is 2.14. The molecule has 0 fully saturated rings. The molecule has 0 radical (unpaired) electrons. The van der Waals surface area contributed by atoms with Gasteiger partial charge < -0.3 is 10.1 Å². The number of aromatic nitrogens is 2. The van der Waals surface area contributed by atoms with Gasteiger partial charge in [0.25, 0.3) is 5.91 Å². The van der Waals surface area contributed by atoms with Gasteiger partial charge in [-0.3, -0.25) is 9.78 Å². The number of hydrogen-bond acceptors (Lipinski definition) is 6. The summed E-state index contributed by atoms with van der Waals surface area (Å²) >= 11 is 7.06. The quantitative estimate of drug-likeness (QED) is 0.610. The first-order valence-electron chi connectivity index (χ1n) is 8.55. The van der Waals surface area contributed by atoms with E-state index in [9.17, 15) is 9.59 Å². The fourth-order valence-corrected chi connectivity index (χ4v) is 3.56. The lowest BCUT2D eigenvalue weighted by molar-refractivity contribution is -0.124. The second-order valence-corrected chi connectivity index (χ2v) is 7.50. The lowest BCUT2D eigenvalue weighted by Crippen LogP contribution is -2.31. The van der Waals surface area contributed by atoms with Gasteiger partial charge in [-0.05, 0) is 43.7 Å². The molecule has 0 spiro atoms. The molecule has 0 saturated carbocycles. The summed E-state index contributed by atoms with van der Waals surface area (Å²) in [7, 11) is 0. The number of halogens is 1. The lowest BCUT2D eigenvalue weighted by atomic mass is 10.1. The monoisotopic (exact) mass is 415 g/mol. The number of rotatable bonds is 6. The van der Waals surface area contributed by atoms with Crippen molar-refractivity contribution >= 4 is 34.8 Å². The first kappa shape index (κ1) is 20.0.